The predicted molar refractivity (Wildman–Crippen MR) is 147 cm³/mol. The van der Waals surface area contributed by atoms with Gasteiger partial charge in [-0.1, -0.05) is 30.3 Å². The van der Waals surface area contributed by atoms with Crippen LogP contribution in [-0.2, 0) is 14.4 Å². The number of hydrogen-bond acceptors (Lipinski definition) is 7. The molecule has 0 unspecified atom stereocenters. The molecule has 1 saturated heterocycles. The average molecular weight is 526 g/mol. The molecule has 3 atom stereocenters. The molecule has 2 heterocycles. The second kappa shape index (κ2) is 10.7. The molecular formula is C29H31BN4O5. The van der Waals surface area contributed by atoms with Gasteiger partial charge < -0.3 is 24.9 Å². The Morgan fingerprint density at radius 1 is 1.13 bits per heavy atom. The number of rotatable bonds is 9. The van der Waals surface area contributed by atoms with Crippen LogP contribution in [0.25, 0.3) is 22.2 Å². The molecule has 0 spiro atoms. The first-order valence-electron chi connectivity index (χ1n) is 13.0. The van der Waals surface area contributed by atoms with Crippen LogP contribution in [0.2, 0.25) is 0 Å². The zero-order valence-electron chi connectivity index (χ0n) is 22.3. The van der Waals surface area contributed by atoms with E-state index in [4.69, 9.17) is 22.4 Å². The van der Waals surface area contributed by atoms with Gasteiger partial charge in [-0.2, -0.15) is 0 Å². The highest BCUT2D eigenvalue weighted by Crippen LogP contribution is 2.38. The van der Waals surface area contributed by atoms with Gasteiger partial charge in [-0.15, -0.1) is 0 Å². The minimum Gasteiger partial charge on any atom is -0.497 e. The van der Waals surface area contributed by atoms with Crippen molar-refractivity contribution in [3.05, 3.63) is 54.6 Å². The Hall–Kier alpha value is -3.92. The number of amides is 2. The number of methoxy groups -OCH3 is 1. The topological polar surface area (TPSA) is 110 Å². The van der Waals surface area contributed by atoms with Crippen LogP contribution < -0.4 is 20.0 Å². The second-order valence-electron chi connectivity index (χ2n) is 10.3. The van der Waals surface area contributed by atoms with E-state index in [2.05, 4.69) is 10.5 Å². The molecule has 1 aliphatic carbocycles. The zero-order valence-corrected chi connectivity index (χ0v) is 22.3. The Balaban J connectivity index is 1.47. The number of carbonyl (C=O) groups is 3. The number of Topliss-reactive ketones (excluding diaryl/α,β-unsaturated/α-hetero) is 1. The van der Waals surface area contributed by atoms with Crippen LogP contribution in [0.1, 0.15) is 33.1 Å². The molecule has 0 bridgehead atoms. The van der Waals surface area contributed by atoms with Crippen molar-refractivity contribution < 1.29 is 23.9 Å². The summed E-state index contributed by atoms with van der Waals surface area (Å²) in [4.78, 5) is 45.0. The summed E-state index contributed by atoms with van der Waals surface area (Å²) >= 11 is 0. The number of ether oxygens (including phenoxy) is 2. The number of carbonyl (C=O) groups excluding carboxylic acids is 3. The van der Waals surface area contributed by atoms with Crippen molar-refractivity contribution in [3.63, 3.8) is 0 Å². The molecule has 10 heteroatoms. The number of nitrogens with one attached hydrogen (secondary N) is 2. The van der Waals surface area contributed by atoms with Crippen LogP contribution in [-0.4, -0.2) is 72.8 Å². The normalized spacial score (nSPS) is 20.3. The van der Waals surface area contributed by atoms with Crippen LogP contribution in [0.3, 0.4) is 0 Å². The zero-order chi connectivity index (χ0) is 27.7. The number of ketones is 1. The molecule has 39 heavy (non-hydrogen) atoms. The molecule has 200 valence electrons. The molecule has 1 aliphatic heterocycles. The van der Waals surface area contributed by atoms with Gasteiger partial charge in [0.2, 0.25) is 11.8 Å². The number of fused-ring (bicyclic) bond motifs is 1. The van der Waals surface area contributed by atoms with E-state index >= 15 is 0 Å². The van der Waals surface area contributed by atoms with E-state index in [9.17, 15) is 14.4 Å². The lowest BCUT2D eigenvalue weighted by Gasteiger charge is -2.27. The largest absolute Gasteiger partial charge is 0.497 e. The molecule has 2 aliphatic rings. The first kappa shape index (κ1) is 26.7. The Kier molecular flexibility index (Phi) is 7.31. The van der Waals surface area contributed by atoms with Crippen molar-refractivity contribution in [1.29, 1.82) is 0 Å². The van der Waals surface area contributed by atoms with E-state index in [0.29, 0.717) is 29.9 Å². The summed E-state index contributed by atoms with van der Waals surface area (Å²) in [6, 6.07) is 15.7. The van der Waals surface area contributed by atoms with Gasteiger partial charge in [0.15, 0.2) is 13.8 Å². The molecule has 2 fully saturated rings. The number of hydrogen-bond donors (Lipinski definition) is 2. The Bertz CT molecular complexity index is 1410. The van der Waals surface area contributed by atoms with Gasteiger partial charge in [-0.05, 0) is 38.8 Å². The van der Waals surface area contributed by atoms with Crippen molar-refractivity contribution in [2.75, 3.05) is 13.7 Å². The van der Waals surface area contributed by atoms with E-state index in [0.717, 1.165) is 16.6 Å². The smallest absolute Gasteiger partial charge is 0.243 e. The van der Waals surface area contributed by atoms with Gasteiger partial charge in [-0.3, -0.25) is 14.4 Å². The number of pyridine rings is 1. The van der Waals surface area contributed by atoms with Crippen LogP contribution >= 0.6 is 0 Å². The lowest BCUT2D eigenvalue weighted by molar-refractivity contribution is -0.140. The lowest BCUT2D eigenvalue weighted by atomic mass is 10.1. The van der Waals surface area contributed by atoms with Crippen molar-refractivity contribution in [3.8, 4) is 22.8 Å². The minimum atomic E-state index is -0.826. The van der Waals surface area contributed by atoms with Gasteiger partial charge in [0, 0.05) is 29.5 Å². The van der Waals surface area contributed by atoms with Gasteiger partial charge >= 0.3 is 0 Å². The Morgan fingerprint density at radius 2 is 1.87 bits per heavy atom. The van der Waals surface area contributed by atoms with E-state index in [1.54, 1.807) is 14.0 Å². The predicted octanol–water partition coefficient (Wildman–Crippen LogP) is 2.56. The molecule has 1 saturated carbocycles. The quantitative estimate of drug-likeness (QED) is 0.413. The standard InChI is InChI=1S/C29H31BN4O5/c1-17(33-30)28(37)34-16-21(14-25(34)27(36)32-29(11-12-29)18(2)35)39-26-15-23(19-7-5-4-6-8-19)31-24-13-20(38-3)9-10-22(24)26/h4-10,13,15,17,21,25,33H,11-12,14,16H2,1-3H3,(H,32,36)/t17-,21+,25-/m1/s1. The van der Waals surface area contributed by atoms with Crippen molar-refractivity contribution >= 4 is 36.5 Å². The van der Waals surface area contributed by atoms with Gasteiger partial charge in [0.05, 0.1) is 36.4 Å². The molecule has 3 aromatic rings. The number of nitrogens with zero attached hydrogens (tertiary/aromatic N) is 2. The summed E-state index contributed by atoms with van der Waals surface area (Å²) < 4.78 is 11.9. The SMILES string of the molecule is [B]N[C@H](C)C(=O)N1C[C@@H](Oc2cc(-c3ccccc3)nc3cc(OC)ccc23)C[C@@H]1C(=O)NC1(C(C)=O)CC1. The third kappa shape index (κ3) is 5.34. The molecule has 2 amide bonds. The van der Waals surface area contributed by atoms with E-state index in [-0.39, 0.29) is 30.6 Å². The fourth-order valence-electron chi connectivity index (χ4n) is 5.04. The second-order valence-corrected chi connectivity index (χ2v) is 10.3. The third-order valence-electron chi connectivity index (χ3n) is 7.60. The highest BCUT2D eigenvalue weighted by atomic mass is 16.5. The van der Waals surface area contributed by atoms with Gasteiger partial charge in [0.25, 0.3) is 0 Å². The third-order valence-corrected chi connectivity index (χ3v) is 7.60. The van der Waals surface area contributed by atoms with Crippen molar-refractivity contribution in [2.24, 2.45) is 0 Å². The lowest BCUT2D eigenvalue weighted by Crippen LogP contribution is -2.54. The van der Waals surface area contributed by atoms with E-state index < -0.39 is 23.7 Å². The van der Waals surface area contributed by atoms with Crippen molar-refractivity contribution in [2.45, 2.75) is 56.8 Å². The number of likely N-dealkylation sites (tertiary alicyclic amines) is 1. The summed E-state index contributed by atoms with van der Waals surface area (Å²) in [5, 5.41) is 6.15. The maximum Gasteiger partial charge on any atom is 0.243 e. The maximum absolute atomic E-state index is 13.4. The van der Waals surface area contributed by atoms with Gasteiger partial charge in [0.1, 0.15) is 23.6 Å². The van der Waals surface area contributed by atoms with Crippen molar-refractivity contribution in [1.82, 2.24) is 20.4 Å². The van der Waals surface area contributed by atoms with Crippen LogP contribution in [0.5, 0.6) is 11.5 Å². The summed E-state index contributed by atoms with van der Waals surface area (Å²) in [5.74, 6) is 0.505. The highest BCUT2D eigenvalue weighted by molar-refractivity contribution is 6.07. The maximum atomic E-state index is 13.4. The monoisotopic (exact) mass is 526 g/mol. The Morgan fingerprint density at radius 3 is 2.51 bits per heavy atom. The highest BCUT2D eigenvalue weighted by Gasteiger charge is 2.51. The van der Waals surface area contributed by atoms with E-state index in [1.165, 1.54) is 11.8 Å². The number of benzene rings is 2. The summed E-state index contributed by atoms with van der Waals surface area (Å²) in [7, 11) is 7.14. The molecule has 5 rings (SSSR count). The van der Waals surface area contributed by atoms with E-state index in [1.807, 2.05) is 54.6 Å². The van der Waals surface area contributed by atoms with Crippen LogP contribution in [0.15, 0.2) is 54.6 Å². The summed E-state index contributed by atoms with van der Waals surface area (Å²) in [5.41, 5.74) is 1.52. The molecular weight excluding hydrogens is 495 g/mol. The summed E-state index contributed by atoms with van der Waals surface area (Å²) in [6.07, 6.45) is 0.996. The van der Waals surface area contributed by atoms with Crippen LogP contribution in [0.4, 0.5) is 0 Å². The molecule has 2 radical (unpaired) electrons. The molecule has 1 aromatic heterocycles. The fourth-order valence-corrected chi connectivity index (χ4v) is 5.04. The minimum absolute atomic E-state index is 0.0800. The first-order chi connectivity index (χ1) is 18.7. The summed E-state index contributed by atoms with van der Waals surface area (Å²) in [6.45, 7) is 3.31. The Labute approximate surface area is 228 Å². The molecule has 9 nitrogen and oxygen atoms in total. The van der Waals surface area contributed by atoms with Gasteiger partial charge in [-0.25, -0.2) is 4.98 Å². The fraction of sp³-hybridized carbons (Fsp3) is 0.379. The average Bonchev–Trinajstić information content (AvgIpc) is 3.62. The molecule has 2 N–H and O–H groups in total. The number of aromatic nitrogens is 1. The first-order valence-corrected chi connectivity index (χ1v) is 13.0. The van der Waals surface area contributed by atoms with Crippen LogP contribution in [0, 0.1) is 0 Å². The molecule has 2 aromatic carbocycles.